The third-order valence-electron chi connectivity index (χ3n) is 7.92. The van der Waals surface area contributed by atoms with Gasteiger partial charge in [0.2, 0.25) is 5.91 Å². The molecule has 2 heterocycles. The molecular formula is C32H42N6O4. The van der Waals surface area contributed by atoms with Crippen molar-refractivity contribution in [2.45, 2.75) is 37.9 Å². The summed E-state index contributed by atoms with van der Waals surface area (Å²) in [6.07, 6.45) is 3.58. The minimum atomic E-state index is -0.204. The fourth-order valence-corrected chi connectivity index (χ4v) is 5.70. The molecule has 0 spiro atoms. The standard InChI is InChI=1S/C22H31N5O2.C10H11NO2/c1-26-14-17(10-15-4-7-18(29-3)8-5-15)12-21(26)22(28)25-13-16-6-9-20(27(2)24)19(23)11-16;12-6-10-9-2-1-8(13)5-7(9)3-4-11-10/h4-9,11,17,21H,10,12-14,23-24H2,1-3H3,(H,25,28);1-2,5-6,10-11,13H,3-4H2. The topological polar surface area (TPSA) is 146 Å². The Balaban J connectivity index is 0.000000258. The number of phenols is 1. The van der Waals surface area contributed by atoms with Crippen molar-refractivity contribution in [1.82, 2.24) is 15.5 Å². The van der Waals surface area contributed by atoms with E-state index in [-0.39, 0.29) is 23.7 Å². The molecule has 10 nitrogen and oxygen atoms in total. The number of fused-ring (bicyclic) bond motifs is 1. The minimum absolute atomic E-state index is 0.0586. The lowest BCUT2D eigenvalue weighted by atomic mass is 9.95. The number of hydrogen-bond acceptors (Lipinski definition) is 9. The molecule has 0 aromatic heterocycles. The van der Waals surface area contributed by atoms with Crippen LogP contribution in [0.2, 0.25) is 0 Å². The van der Waals surface area contributed by atoms with Gasteiger partial charge in [0.1, 0.15) is 17.8 Å². The number of likely N-dealkylation sites (N-methyl/N-ethyl adjacent to an activating group) is 1. The molecule has 1 fully saturated rings. The van der Waals surface area contributed by atoms with Crippen LogP contribution in [0.4, 0.5) is 11.4 Å². The van der Waals surface area contributed by atoms with Gasteiger partial charge in [0, 0.05) is 26.7 Å². The van der Waals surface area contributed by atoms with Crippen LogP contribution in [0.15, 0.2) is 60.7 Å². The molecule has 1 saturated heterocycles. The number of amides is 1. The second kappa shape index (κ2) is 14.2. The van der Waals surface area contributed by atoms with E-state index in [4.69, 9.17) is 16.3 Å². The molecule has 0 bridgehead atoms. The average Bonchev–Trinajstić information content (AvgIpc) is 3.35. The molecular weight excluding hydrogens is 532 g/mol. The molecule has 3 aromatic carbocycles. The Hall–Kier alpha value is -4.12. The van der Waals surface area contributed by atoms with Crippen molar-refractivity contribution < 1.29 is 19.4 Å². The van der Waals surface area contributed by atoms with E-state index in [0.29, 0.717) is 18.2 Å². The first-order valence-electron chi connectivity index (χ1n) is 14.2. The second-order valence-corrected chi connectivity index (χ2v) is 11.0. The van der Waals surface area contributed by atoms with E-state index in [1.165, 1.54) is 10.6 Å². The summed E-state index contributed by atoms with van der Waals surface area (Å²) < 4.78 is 5.22. The molecule has 7 N–H and O–H groups in total. The first-order chi connectivity index (χ1) is 20.2. The summed E-state index contributed by atoms with van der Waals surface area (Å²) in [5.41, 5.74) is 11.7. The van der Waals surface area contributed by atoms with E-state index < -0.39 is 0 Å². The molecule has 5 rings (SSSR count). The maximum Gasteiger partial charge on any atom is 0.237 e. The number of carbonyl (C=O) groups is 2. The third kappa shape index (κ3) is 7.79. The number of carbonyl (C=O) groups excluding carboxylic acids is 2. The molecule has 0 radical (unpaired) electrons. The fourth-order valence-electron chi connectivity index (χ4n) is 5.70. The van der Waals surface area contributed by atoms with Crippen LogP contribution in [0.3, 0.4) is 0 Å². The zero-order valence-electron chi connectivity index (χ0n) is 24.5. The van der Waals surface area contributed by atoms with Crippen LogP contribution >= 0.6 is 0 Å². The van der Waals surface area contributed by atoms with Crippen LogP contribution in [0.25, 0.3) is 0 Å². The number of aldehydes is 1. The maximum absolute atomic E-state index is 12.7. The van der Waals surface area contributed by atoms with Crippen molar-refractivity contribution in [3.63, 3.8) is 0 Å². The van der Waals surface area contributed by atoms with E-state index in [9.17, 15) is 14.7 Å². The van der Waals surface area contributed by atoms with Gasteiger partial charge in [-0.15, -0.1) is 0 Å². The second-order valence-electron chi connectivity index (χ2n) is 11.0. The van der Waals surface area contributed by atoms with Crippen LogP contribution in [-0.4, -0.2) is 62.5 Å². The Morgan fingerprint density at radius 3 is 2.57 bits per heavy atom. The zero-order chi connectivity index (χ0) is 30.2. The highest BCUT2D eigenvalue weighted by Gasteiger charge is 2.34. The molecule has 2 aliphatic heterocycles. The number of anilines is 2. The van der Waals surface area contributed by atoms with E-state index in [2.05, 4.69) is 27.7 Å². The number of nitrogens with two attached hydrogens (primary N) is 2. The van der Waals surface area contributed by atoms with Crippen LogP contribution in [0.5, 0.6) is 11.5 Å². The molecule has 0 aliphatic carbocycles. The first kappa shape index (κ1) is 30.8. The van der Waals surface area contributed by atoms with Crippen molar-refractivity contribution in [3.05, 3.63) is 82.9 Å². The van der Waals surface area contributed by atoms with E-state index >= 15 is 0 Å². The Morgan fingerprint density at radius 2 is 1.90 bits per heavy atom. The van der Waals surface area contributed by atoms with Crippen LogP contribution in [0.1, 0.15) is 34.7 Å². The Morgan fingerprint density at radius 1 is 1.17 bits per heavy atom. The first-order valence-corrected chi connectivity index (χ1v) is 14.2. The van der Waals surface area contributed by atoms with Crippen molar-refractivity contribution in [2.24, 2.45) is 11.8 Å². The molecule has 0 saturated carbocycles. The number of nitrogens with one attached hydrogen (secondary N) is 2. The SMILES string of the molecule is COc1ccc(CC2CC(C(=O)NCc3ccc(N(C)N)c(N)c3)N(C)C2)cc1.O=CC1NCCc2cc(O)ccc21. The lowest BCUT2D eigenvalue weighted by molar-refractivity contribution is -0.125. The van der Waals surface area contributed by atoms with Gasteiger partial charge >= 0.3 is 0 Å². The van der Waals surface area contributed by atoms with Crippen LogP contribution < -0.4 is 32.0 Å². The number of ether oxygens (including phenoxy) is 1. The monoisotopic (exact) mass is 574 g/mol. The molecule has 3 atom stereocenters. The maximum atomic E-state index is 12.7. The van der Waals surface area contributed by atoms with E-state index in [1.807, 2.05) is 37.4 Å². The Bertz CT molecular complexity index is 1360. The number of nitrogens with zero attached hydrogens (tertiary/aromatic N) is 2. The minimum Gasteiger partial charge on any atom is -0.508 e. The lowest BCUT2D eigenvalue weighted by Gasteiger charge is -2.22. The van der Waals surface area contributed by atoms with Crippen LogP contribution in [-0.2, 0) is 29.0 Å². The van der Waals surface area contributed by atoms with Gasteiger partial charge in [-0.3, -0.25) is 9.69 Å². The van der Waals surface area contributed by atoms with Gasteiger partial charge in [-0.05, 0) is 90.9 Å². The summed E-state index contributed by atoms with van der Waals surface area (Å²) in [5, 5.41) is 16.9. The number of aromatic hydroxyl groups is 1. The summed E-state index contributed by atoms with van der Waals surface area (Å²) in [5.74, 6) is 7.39. The molecule has 3 unspecified atom stereocenters. The van der Waals surface area contributed by atoms with Gasteiger partial charge in [-0.2, -0.15) is 0 Å². The zero-order valence-corrected chi connectivity index (χ0v) is 24.5. The normalized spacial score (nSPS) is 19.7. The Labute approximate surface area is 247 Å². The summed E-state index contributed by atoms with van der Waals surface area (Å²) in [6.45, 7) is 2.15. The summed E-state index contributed by atoms with van der Waals surface area (Å²) >= 11 is 0. The van der Waals surface area contributed by atoms with Gasteiger partial charge in [0.25, 0.3) is 0 Å². The number of methoxy groups -OCH3 is 1. The molecule has 224 valence electrons. The van der Waals surface area contributed by atoms with Gasteiger partial charge < -0.3 is 36.0 Å². The molecule has 10 heteroatoms. The van der Waals surface area contributed by atoms with Crippen molar-refractivity contribution >= 4 is 23.6 Å². The third-order valence-corrected chi connectivity index (χ3v) is 7.92. The number of rotatable bonds is 8. The number of nitrogen functional groups attached to an aromatic ring is 1. The number of phenolic OH excluding ortho intramolecular Hbond substituents is 1. The van der Waals surface area contributed by atoms with Crippen LogP contribution in [0, 0.1) is 5.92 Å². The smallest absolute Gasteiger partial charge is 0.237 e. The predicted molar refractivity (Wildman–Crippen MR) is 165 cm³/mol. The van der Waals surface area contributed by atoms with Gasteiger partial charge in [0.15, 0.2) is 0 Å². The highest BCUT2D eigenvalue weighted by Crippen LogP contribution is 2.27. The van der Waals surface area contributed by atoms with Gasteiger partial charge in [0.05, 0.1) is 30.6 Å². The predicted octanol–water partition coefficient (Wildman–Crippen LogP) is 2.54. The number of hydrogen-bond donors (Lipinski definition) is 5. The quantitative estimate of drug-likeness (QED) is 0.119. The molecule has 42 heavy (non-hydrogen) atoms. The van der Waals surface area contributed by atoms with Gasteiger partial charge in [-0.1, -0.05) is 24.3 Å². The van der Waals surface area contributed by atoms with Gasteiger partial charge in [-0.25, -0.2) is 5.84 Å². The number of likely N-dealkylation sites (tertiary alicyclic amines) is 1. The largest absolute Gasteiger partial charge is 0.508 e. The summed E-state index contributed by atoms with van der Waals surface area (Å²) in [4.78, 5) is 25.6. The average molecular weight is 575 g/mol. The molecule has 3 aromatic rings. The highest BCUT2D eigenvalue weighted by molar-refractivity contribution is 5.82. The highest BCUT2D eigenvalue weighted by atomic mass is 16.5. The van der Waals surface area contributed by atoms with E-state index in [0.717, 1.165) is 66.8 Å². The van der Waals surface area contributed by atoms with Crippen molar-refractivity contribution in [2.75, 3.05) is 45.0 Å². The van der Waals surface area contributed by atoms with E-state index in [1.54, 1.807) is 32.4 Å². The Kier molecular flexibility index (Phi) is 10.4. The summed E-state index contributed by atoms with van der Waals surface area (Å²) in [7, 11) is 5.43. The summed E-state index contributed by atoms with van der Waals surface area (Å²) in [6, 6.07) is 18.6. The molecule has 1 amide bonds. The fraction of sp³-hybridized carbons (Fsp3) is 0.375. The lowest BCUT2D eigenvalue weighted by Crippen LogP contribution is -2.41. The number of hydrazine groups is 1. The van der Waals surface area contributed by atoms with Crippen molar-refractivity contribution in [1.29, 1.82) is 0 Å². The molecule has 2 aliphatic rings. The number of benzene rings is 3. The van der Waals surface area contributed by atoms with Crippen molar-refractivity contribution in [3.8, 4) is 11.5 Å².